The van der Waals surface area contributed by atoms with Gasteiger partial charge in [-0.25, -0.2) is 0 Å². The van der Waals surface area contributed by atoms with Crippen LogP contribution in [0.4, 0.5) is 4.70 Å². The van der Waals surface area contributed by atoms with Gasteiger partial charge in [0.1, 0.15) is 0 Å². The highest BCUT2D eigenvalue weighted by atomic mass is 35.5. The van der Waals surface area contributed by atoms with Gasteiger partial charge in [0.25, 0.3) is 0 Å². The van der Waals surface area contributed by atoms with E-state index in [0.717, 1.165) is 0 Å². The smallest absolute Gasteiger partial charge is 0.224 e. The van der Waals surface area contributed by atoms with Gasteiger partial charge in [0.05, 0.1) is 0 Å². The molecule has 0 radical (unpaired) electrons. The summed E-state index contributed by atoms with van der Waals surface area (Å²) in [5, 5.41) is -0.269. The maximum atomic E-state index is 9.91. The van der Waals surface area contributed by atoms with Crippen molar-refractivity contribution in [2.24, 2.45) is 5.92 Å². The minimum atomic E-state index is -0.269. The summed E-state index contributed by atoms with van der Waals surface area (Å²) < 4.78 is 0. The fraction of sp³-hybridized carbons (Fsp3) is 0.750. The molecule has 0 N–H and O–H groups in total. The van der Waals surface area contributed by atoms with Gasteiger partial charge >= 0.3 is 0 Å². The van der Waals surface area contributed by atoms with Crippen LogP contribution in [0.1, 0.15) is 13.8 Å². The quantitative estimate of drug-likeness (QED) is 0.488. The molecule has 0 aromatic carbocycles. The highest BCUT2D eigenvalue weighted by molar-refractivity contribution is 6.63. The Morgan fingerprint density at radius 3 is 1.71 bits per heavy atom. The van der Waals surface area contributed by atoms with Crippen LogP contribution in [-0.4, -0.2) is 5.24 Å². The number of carbonyl (C=O) groups is 1. The van der Waals surface area contributed by atoms with Gasteiger partial charge in [-0.05, 0) is 11.6 Å². The van der Waals surface area contributed by atoms with Crippen LogP contribution in [0.3, 0.4) is 0 Å². The molecule has 0 aliphatic carbocycles. The summed E-state index contributed by atoms with van der Waals surface area (Å²) in [5.74, 6) is -0.0216. The maximum Gasteiger partial charge on any atom is 0.224 e. The zero-order valence-corrected chi connectivity index (χ0v) is 5.03. The second-order valence-electron chi connectivity index (χ2n) is 1.46. The first-order valence-electron chi connectivity index (χ1n) is 1.84. The Bertz CT molecular complexity index is 62.7. The van der Waals surface area contributed by atoms with E-state index in [2.05, 4.69) is 0 Å². The van der Waals surface area contributed by atoms with E-state index >= 15 is 0 Å². The molecule has 0 heterocycles. The zero-order valence-electron chi connectivity index (χ0n) is 4.27. The Balaban J connectivity index is 0. The van der Waals surface area contributed by atoms with Gasteiger partial charge in [-0.1, -0.05) is 13.8 Å². The zero-order chi connectivity index (χ0) is 5.15. The van der Waals surface area contributed by atoms with Gasteiger partial charge in [-0.15, -0.1) is 0 Å². The van der Waals surface area contributed by atoms with Crippen molar-refractivity contribution in [2.45, 2.75) is 13.8 Å². The van der Waals surface area contributed by atoms with Crippen molar-refractivity contribution in [2.75, 3.05) is 0 Å². The molecule has 0 rings (SSSR count). The minimum absolute atomic E-state index is 0. The standard InChI is InChI=1S/C4H7ClO.FH/c1-3(2)4(5)6;/h3H,1-2H3;1H. The number of hydrogen-bond acceptors (Lipinski definition) is 1. The maximum absolute atomic E-state index is 9.91. The Kier molecular flexibility index (Phi) is 5.80. The van der Waals surface area contributed by atoms with E-state index in [1.165, 1.54) is 0 Å². The average molecular weight is 127 g/mol. The molecular weight excluding hydrogens is 118 g/mol. The molecule has 0 atom stereocenters. The van der Waals surface area contributed by atoms with Crippen LogP contribution in [0.5, 0.6) is 0 Å². The highest BCUT2D eigenvalue weighted by Gasteiger charge is 1.98. The van der Waals surface area contributed by atoms with Crippen LogP contribution in [0.2, 0.25) is 0 Å². The summed E-state index contributed by atoms with van der Waals surface area (Å²) in [5.41, 5.74) is 0. The first-order valence-corrected chi connectivity index (χ1v) is 2.21. The van der Waals surface area contributed by atoms with Crippen molar-refractivity contribution in [3.8, 4) is 0 Å². The number of carbonyl (C=O) groups excluding carboxylic acids is 1. The third-order valence-electron chi connectivity index (χ3n) is 0.454. The monoisotopic (exact) mass is 126 g/mol. The minimum Gasteiger partial charge on any atom is -0.281 e. The van der Waals surface area contributed by atoms with Crippen molar-refractivity contribution in [1.29, 1.82) is 0 Å². The Hall–Kier alpha value is -0.110. The molecule has 7 heavy (non-hydrogen) atoms. The van der Waals surface area contributed by atoms with Crippen molar-refractivity contribution in [1.82, 2.24) is 0 Å². The molecule has 3 heteroatoms. The molecule has 0 bridgehead atoms. The van der Waals surface area contributed by atoms with Gasteiger partial charge in [0, 0.05) is 5.92 Å². The first-order chi connectivity index (χ1) is 2.64. The van der Waals surface area contributed by atoms with Crippen LogP contribution in [0.25, 0.3) is 0 Å². The fourth-order valence-electron chi connectivity index (χ4n) is 0. The van der Waals surface area contributed by atoms with Crippen LogP contribution in [0.15, 0.2) is 0 Å². The highest BCUT2D eigenvalue weighted by Crippen LogP contribution is 1.95. The van der Waals surface area contributed by atoms with Crippen LogP contribution < -0.4 is 0 Å². The number of hydrogen-bond donors (Lipinski definition) is 0. The lowest BCUT2D eigenvalue weighted by molar-refractivity contribution is -0.114. The molecule has 1 nitrogen and oxygen atoms in total. The van der Waals surface area contributed by atoms with E-state index < -0.39 is 0 Å². The topological polar surface area (TPSA) is 17.1 Å². The van der Waals surface area contributed by atoms with E-state index in [0.29, 0.717) is 0 Å². The lowest BCUT2D eigenvalue weighted by Crippen LogP contribution is -1.95. The SMILES string of the molecule is CC(C)C(=O)Cl.F. The van der Waals surface area contributed by atoms with Crippen LogP contribution >= 0.6 is 11.6 Å². The lowest BCUT2D eigenvalue weighted by atomic mass is 10.3. The molecule has 0 amide bonds. The third-order valence-corrected chi connectivity index (χ3v) is 0.890. The summed E-state index contributed by atoms with van der Waals surface area (Å²) in [6.07, 6.45) is 0. The Morgan fingerprint density at radius 1 is 1.57 bits per heavy atom. The molecule has 0 aliphatic rings. The summed E-state index contributed by atoms with van der Waals surface area (Å²) >= 11 is 4.97. The molecule has 0 aromatic heterocycles. The summed E-state index contributed by atoms with van der Waals surface area (Å²) in [4.78, 5) is 9.91. The third kappa shape index (κ3) is 5.89. The average Bonchev–Trinajstić information content (AvgIpc) is 1.36. The predicted molar refractivity (Wildman–Crippen MR) is 28.2 cm³/mol. The van der Waals surface area contributed by atoms with Crippen molar-refractivity contribution >= 4 is 16.8 Å². The molecule has 0 fully saturated rings. The summed E-state index contributed by atoms with van der Waals surface area (Å²) in [7, 11) is 0. The molecule has 44 valence electrons. The van der Waals surface area contributed by atoms with E-state index in [1.54, 1.807) is 13.8 Å². The van der Waals surface area contributed by atoms with Gasteiger partial charge < -0.3 is 0 Å². The fourth-order valence-corrected chi connectivity index (χ4v) is 0. The summed E-state index contributed by atoms with van der Waals surface area (Å²) in [6.45, 7) is 3.52. The molecule has 0 saturated heterocycles. The van der Waals surface area contributed by atoms with E-state index in [9.17, 15) is 4.79 Å². The van der Waals surface area contributed by atoms with Gasteiger partial charge in [-0.2, -0.15) is 0 Å². The molecule has 0 aromatic rings. The van der Waals surface area contributed by atoms with Gasteiger partial charge in [0.15, 0.2) is 0 Å². The number of rotatable bonds is 1. The number of halogens is 2. The predicted octanol–water partition coefficient (Wildman–Crippen LogP) is 1.56. The lowest BCUT2D eigenvalue weighted by Gasteiger charge is -1.88. The Morgan fingerprint density at radius 2 is 1.71 bits per heavy atom. The normalized spacial score (nSPS) is 8.00. The van der Waals surface area contributed by atoms with Crippen molar-refractivity contribution < 1.29 is 9.50 Å². The van der Waals surface area contributed by atoms with Crippen LogP contribution in [-0.2, 0) is 4.79 Å². The molecule has 0 aliphatic heterocycles. The molecule has 0 saturated carbocycles. The van der Waals surface area contributed by atoms with Crippen molar-refractivity contribution in [3.63, 3.8) is 0 Å². The van der Waals surface area contributed by atoms with Gasteiger partial charge in [-0.3, -0.25) is 9.50 Å². The second-order valence-corrected chi connectivity index (χ2v) is 1.83. The van der Waals surface area contributed by atoms with Gasteiger partial charge in [0.2, 0.25) is 5.24 Å². The largest absolute Gasteiger partial charge is 0.281 e. The molecule has 0 spiro atoms. The van der Waals surface area contributed by atoms with E-state index in [1.807, 2.05) is 0 Å². The molecule has 0 unspecified atom stereocenters. The van der Waals surface area contributed by atoms with Crippen molar-refractivity contribution in [3.05, 3.63) is 0 Å². The van der Waals surface area contributed by atoms with E-state index in [4.69, 9.17) is 11.6 Å². The summed E-state index contributed by atoms with van der Waals surface area (Å²) in [6, 6.07) is 0. The van der Waals surface area contributed by atoms with Crippen LogP contribution in [0, 0.1) is 5.92 Å². The second kappa shape index (κ2) is 4.06. The van der Waals surface area contributed by atoms with E-state index in [-0.39, 0.29) is 15.9 Å². The first kappa shape index (κ1) is 10.00. The molecular formula is C4H8ClFO. The Labute approximate surface area is 47.0 Å².